The fourth-order valence-electron chi connectivity index (χ4n) is 2.65. The lowest BCUT2D eigenvalue weighted by Gasteiger charge is -2.18. The normalized spacial score (nSPS) is 15.3. The van der Waals surface area contributed by atoms with Crippen molar-refractivity contribution in [3.63, 3.8) is 0 Å². The van der Waals surface area contributed by atoms with E-state index in [1.807, 2.05) is 12.1 Å². The van der Waals surface area contributed by atoms with Crippen LogP contribution in [0.5, 0.6) is 11.5 Å². The molecule has 1 aromatic heterocycles. The Morgan fingerprint density at radius 2 is 2.05 bits per heavy atom. The van der Waals surface area contributed by atoms with Crippen molar-refractivity contribution in [1.29, 1.82) is 0 Å². The Kier molecular flexibility index (Phi) is 4.05. The molecule has 1 aliphatic carbocycles. The highest BCUT2D eigenvalue weighted by molar-refractivity contribution is 9.10. The number of benzene rings is 1. The molecule has 5 nitrogen and oxygen atoms in total. The maximum absolute atomic E-state index is 6.10. The third kappa shape index (κ3) is 3.00. The minimum atomic E-state index is 0.281. The van der Waals surface area contributed by atoms with Crippen LogP contribution in [0, 0.1) is 0 Å². The molecule has 0 bridgehead atoms. The molecule has 3 rings (SSSR count). The summed E-state index contributed by atoms with van der Waals surface area (Å²) in [5, 5.41) is 6.85. The minimum Gasteiger partial charge on any atom is -0.493 e. The first-order chi connectivity index (χ1) is 10.2. The monoisotopic (exact) mass is 351 g/mol. The number of rotatable bonds is 4. The number of aromatic nitrogens is 2. The molecular weight excluding hydrogens is 334 g/mol. The van der Waals surface area contributed by atoms with E-state index in [9.17, 15) is 0 Å². The van der Waals surface area contributed by atoms with Crippen LogP contribution in [-0.4, -0.2) is 23.4 Å². The SMILES string of the molecule is COc1cc(-c2cc(N)n[nH]2)cc(Br)c1OC1CCCC1. The number of nitrogens with zero attached hydrogens (tertiary/aromatic N) is 1. The van der Waals surface area contributed by atoms with Gasteiger partial charge in [0.1, 0.15) is 5.82 Å². The molecule has 0 radical (unpaired) electrons. The highest BCUT2D eigenvalue weighted by Gasteiger charge is 2.21. The van der Waals surface area contributed by atoms with Crippen LogP contribution in [0.1, 0.15) is 25.7 Å². The summed E-state index contributed by atoms with van der Waals surface area (Å²) >= 11 is 3.58. The second kappa shape index (κ2) is 5.97. The van der Waals surface area contributed by atoms with Crippen LogP contribution in [-0.2, 0) is 0 Å². The zero-order valence-corrected chi connectivity index (χ0v) is 13.4. The van der Waals surface area contributed by atoms with Crippen LogP contribution in [0.3, 0.4) is 0 Å². The van der Waals surface area contributed by atoms with Gasteiger partial charge in [-0.2, -0.15) is 5.10 Å². The number of hydrogen-bond donors (Lipinski definition) is 2. The molecule has 1 aromatic carbocycles. The van der Waals surface area contributed by atoms with Crippen molar-refractivity contribution in [1.82, 2.24) is 10.2 Å². The minimum absolute atomic E-state index is 0.281. The molecule has 3 N–H and O–H groups in total. The lowest BCUT2D eigenvalue weighted by atomic mass is 10.1. The maximum Gasteiger partial charge on any atom is 0.175 e. The molecule has 2 aromatic rings. The van der Waals surface area contributed by atoms with Gasteiger partial charge in [-0.05, 0) is 53.7 Å². The standard InChI is InChI=1S/C15H18BrN3O2/c1-20-13-7-9(12-8-14(17)19-18-12)6-11(16)15(13)21-10-4-2-3-5-10/h6-8,10H,2-5H2,1H3,(H3,17,18,19). The molecule has 0 atom stereocenters. The van der Waals surface area contributed by atoms with Crippen LogP contribution in [0.25, 0.3) is 11.3 Å². The predicted molar refractivity (Wildman–Crippen MR) is 85.6 cm³/mol. The second-order valence-electron chi connectivity index (χ2n) is 5.22. The quantitative estimate of drug-likeness (QED) is 0.879. The average molecular weight is 352 g/mol. The third-order valence-corrected chi connectivity index (χ3v) is 4.31. The van der Waals surface area contributed by atoms with E-state index in [-0.39, 0.29) is 6.10 Å². The Morgan fingerprint density at radius 3 is 2.67 bits per heavy atom. The number of nitrogens with one attached hydrogen (secondary N) is 1. The molecule has 112 valence electrons. The number of nitrogen functional groups attached to an aromatic ring is 1. The summed E-state index contributed by atoms with van der Waals surface area (Å²) in [7, 11) is 1.65. The van der Waals surface area contributed by atoms with Gasteiger partial charge in [-0.3, -0.25) is 5.10 Å². The predicted octanol–water partition coefficient (Wildman–Crippen LogP) is 3.75. The van der Waals surface area contributed by atoms with E-state index >= 15 is 0 Å². The van der Waals surface area contributed by atoms with Crippen molar-refractivity contribution in [2.75, 3.05) is 12.8 Å². The van der Waals surface area contributed by atoms with Crippen molar-refractivity contribution in [3.05, 3.63) is 22.7 Å². The fourth-order valence-corrected chi connectivity index (χ4v) is 3.18. The topological polar surface area (TPSA) is 73.2 Å². The number of methoxy groups -OCH3 is 1. The van der Waals surface area contributed by atoms with Crippen LogP contribution in [0.2, 0.25) is 0 Å². The molecule has 6 heteroatoms. The molecule has 0 amide bonds. The first-order valence-corrected chi connectivity index (χ1v) is 7.82. The average Bonchev–Trinajstić information content (AvgIpc) is 3.12. The molecule has 0 spiro atoms. The molecule has 1 fully saturated rings. The number of H-pyrrole nitrogens is 1. The number of hydrogen-bond acceptors (Lipinski definition) is 4. The van der Waals surface area contributed by atoms with E-state index in [2.05, 4.69) is 26.1 Å². The van der Waals surface area contributed by atoms with Gasteiger partial charge in [0.25, 0.3) is 0 Å². The van der Waals surface area contributed by atoms with Crippen molar-refractivity contribution < 1.29 is 9.47 Å². The zero-order chi connectivity index (χ0) is 14.8. The van der Waals surface area contributed by atoms with Gasteiger partial charge in [-0.25, -0.2) is 0 Å². The van der Waals surface area contributed by atoms with Crippen LogP contribution in [0.15, 0.2) is 22.7 Å². The largest absolute Gasteiger partial charge is 0.493 e. The molecular formula is C15H18BrN3O2. The van der Waals surface area contributed by atoms with E-state index in [1.54, 1.807) is 13.2 Å². The summed E-state index contributed by atoms with van der Waals surface area (Å²) < 4.78 is 12.5. The molecule has 1 aliphatic rings. The van der Waals surface area contributed by atoms with Gasteiger partial charge in [-0.15, -0.1) is 0 Å². The van der Waals surface area contributed by atoms with Gasteiger partial charge >= 0.3 is 0 Å². The molecule has 0 saturated heterocycles. The van der Waals surface area contributed by atoms with E-state index in [1.165, 1.54) is 12.8 Å². The molecule has 0 aliphatic heterocycles. The summed E-state index contributed by atoms with van der Waals surface area (Å²) in [6, 6.07) is 5.71. The van der Waals surface area contributed by atoms with E-state index in [0.717, 1.165) is 34.3 Å². The summed E-state index contributed by atoms with van der Waals surface area (Å²) in [4.78, 5) is 0. The third-order valence-electron chi connectivity index (χ3n) is 3.72. The number of ether oxygens (including phenoxy) is 2. The summed E-state index contributed by atoms with van der Waals surface area (Å²) in [6.45, 7) is 0. The Hall–Kier alpha value is -1.69. The second-order valence-corrected chi connectivity index (χ2v) is 6.07. The Labute approximate surface area is 132 Å². The highest BCUT2D eigenvalue weighted by Crippen LogP contribution is 2.41. The van der Waals surface area contributed by atoms with Gasteiger partial charge in [-0.1, -0.05) is 0 Å². The van der Waals surface area contributed by atoms with Gasteiger partial charge in [0, 0.05) is 11.6 Å². The summed E-state index contributed by atoms with van der Waals surface area (Å²) in [5.41, 5.74) is 7.45. The van der Waals surface area contributed by atoms with Crippen LogP contribution < -0.4 is 15.2 Å². The van der Waals surface area contributed by atoms with Crippen molar-refractivity contribution >= 4 is 21.7 Å². The lowest BCUT2D eigenvalue weighted by molar-refractivity contribution is 0.199. The molecule has 1 heterocycles. The lowest BCUT2D eigenvalue weighted by Crippen LogP contribution is -2.12. The van der Waals surface area contributed by atoms with Gasteiger partial charge < -0.3 is 15.2 Å². The number of aromatic amines is 1. The summed E-state index contributed by atoms with van der Waals surface area (Å²) in [6.07, 6.45) is 4.96. The van der Waals surface area contributed by atoms with E-state index in [4.69, 9.17) is 15.2 Å². The fraction of sp³-hybridized carbons (Fsp3) is 0.400. The molecule has 0 unspecified atom stereocenters. The Balaban J connectivity index is 1.94. The van der Waals surface area contributed by atoms with Crippen molar-refractivity contribution in [3.8, 4) is 22.8 Å². The summed E-state index contributed by atoms with van der Waals surface area (Å²) in [5.74, 6) is 1.94. The number of anilines is 1. The van der Waals surface area contributed by atoms with Crippen molar-refractivity contribution in [2.45, 2.75) is 31.8 Å². The van der Waals surface area contributed by atoms with E-state index < -0.39 is 0 Å². The Bertz CT molecular complexity index is 636. The van der Waals surface area contributed by atoms with Crippen LogP contribution in [0.4, 0.5) is 5.82 Å². The van der Waals surface area contributed by atoms with Gasteiger partial charge in [0.05, 0.1) is 23.4 Å². The van der Waals surface area contributed by atoms with Crippen molar-refractivity contribution in [2.24, 2.45) is 0 Å². The first-order valence-electron chi connectivity index (χ1n) is 7.03. The highest BCUT2D eigenvalue weighted by atomic mass is 79.9. The first kappa shape index (κ1) is 14.3. The van der Waals surface area contributed by atoms with E-state index in [0.29, 0.717) is 11.6 Å². The zero-order valence-electron chi connectivity index (χ0n) is 11.9. The van der Waals surface area contributed by atoms with Gasteiger partial charge in [0.2, 0.25) is 0 Å². The number of nitrogens with two attached hydrogens (primary N) is 1. The smallest absolute Gasteiger partial charge is 0.175 e. The molecule has 21 heavy (non-hydrogen) atoms. The maximum atomic E-state index is 6.10. The Morgan fingerprint density at radius 1 is 1.29 bits per heavy atom. The van der Waals surface area contributed by atoms with Crippen LogP contribution >= 0.6 is 15.9 Å². The van der Waals surface area contributed by atoms with Gasteiger partial charge in [0.15, 0.2) is 11.5 Å². The number of halogens is 1. The molecule has 1 saturated carbocycles.